The predicted octanol–water partition coefficient (Wildman–Crippen LogP) is 3.57. The molecule has 0 spiro atoms. The summed E-state index contributed by atoms with van der Waals surface area (Å²) >= 11 is 0. The Bertz CT molecular complexity index is 675. The minimum atomic E-state index is 0.228. The van der Waals surface area contributed by atoms with Crippen LogP contribution in [0.4, 0.5) is 0 Å². The maximum absolute atomic E-state index is 12.4. The molecule has 1 aliphatic heterocycles. The standard InChI is InChI=1S/C22H28N2O/c1-18-6-5-9-21(14-18)16-23-17-22(25)24-12-10-20(11-13-24)15-19-7-3-2-4-8-19/h2-9,14,20,23H,10-13,15-17H2,1H3. The Labute approximate surface area is 151 Å². The third-order valence-electron chi connectivity index (χ3n) is 5.02. The van der Waals surface area contributed by atoms with Gasteiger partial charge in [-0.3, -0.25) is 4.79 Å². The van der Waals surface area contributed by atoms with Gasteiger partial charge >= 0.3 is 0 Å². The molecular formula is C22H28N2O. The molecule has 1 aliphatic rings. The molecule has 0 saturated carbocycles. The lowest BCUT2D eigenvalue weighted by atomic mass is 9.90. The Morgan fingerprint density at radius 2 is 1.76 bits per heavy atom. The van der Waals surface area contributed by atoms with Crippen LogP contribution >= 0.6 is 0 Å². The number of carbonyl (C=O) groups excluding carboxylic acids is 1. The van der Waals surface area contributed by atoms with Crippen LogP contribution in [0.25, 0.3) is 0 Å². The van der Waals surface area contributed by atoms with Gasteiger partial charge in [-0.15, -0.1) is 0 Å². The highest BCUT2D eigenvalue weighted by Crippen LogP contribution is 2.21. The summed E-state index contributed by atoms with van der Waals surface area (Å²) in [5.74, 6) is 0.928. The molecule has 1 fully saturated rings. The van der Waals surface area contributed by atoms with Crippen LogP contribution in [0.5, 0.6) is 0 Å². The average Bonchev–Trinajstić information content (AvgIpc) is 2.63. The number of hydrogen-bond donors (Lipinski definition) is 1. The fraction of sp³-hybridized carbons (Fsp3) is 0.409. The van der Waals surface area contributed by atoms with Gasteiger partial charge in [-0.1, -0.05) is 60.2 Å². The Morgan fingerprint density at radius 3 is 2.48 bits per heavy atom. The first-order valence-electron chi connectivity index (χ1n) is 9.28. The van der Waals surface area contributed by atoms with Crippen molar-refractivity contribution in [3.8, 4) is 0 Å². The summed E-state index contributed by atoms with van der Waals surface area (Å²) in [4.78, 5) is 14.4. The second-order valence-electron chi connectivity index (χ2n) is 7.11. The highest BCUT2D eigenvalue weighted by Gasteiger charge is 2.22. The quantitative estimate of drug-likeness (QED) is 0.875. The Kier molecular flexibility index (Phi) is 6.24. The normalized spacial score (nSPS) is 15.3. The molecule has 1 amide bonds. The van der Waals surface area contributed by atoms with Crippen molar-refractivity contribution < 1.29 is 4.79 Å². The molecule has 132 valence electrons. The van der Waals surface area contributed by atoms with Crippen molar-refractivity contribution in [1.29, 1.82) is 0 Å². The molecule has 0 unspecified atom stereocenters. The van der Waals surface area contributed by atoms with Gasteiger partial charge in [0.15, 0.2) is 0 Å². The summed E-state index contributed by atoms with van der Waals surface area (Å²) in [6.07, 6.45) is 3.35. The van der Waals surface area contributed by atoms with Gasteiger partial charge in [0.1, 0.15) is 0 Å². The first-order chi connectivity index (χ1) is 12.2. The summed E-state index contributed by atoms with van der Waals surface area (Å²) in [6.45, 7) is 5.05. The van der Waals surface area contributed by atoms with Crippen LogP contribution in [0, 0.1) is 12.8 Å². The second-order valence-corrected chi connectivity index (χ2v) is 7.11. The van der Waals surface area contributed by atoms with Gasteiger partial charge in [0.05, 0.1) is 6.54 Å². The minimum Gasteiger partial charge on any atom is -0.342 e. The van der Waals surface area contributed by atoms with Gasteiger partial charge in [0.2, 0.25) is 5.91 Å². The summed E-state index contributed by atoms with van der Waals surface area (Å²) in [7, 11) is 0. The summed E-state index contributed by atoms with van der Waals surface area (Å²) < 4.78 is 0. The molecule has 1 heterocycles. The number of nitrogens with zero attached hydrogens (tertiary/aromatic N) is 1. The van der Waals surface area contributed by atoms with Gasteiger partial charge < -0.3 is 10.2 Å². The predicted molar refractivity (Wildman–Crippen MR) is 102 cm³/mol. The van der Waals surface area contributed by atoms with E-state index in [1.807, 2.05) is 4.90 Å². The van der Waals surface area contributed by atoms with Crippen LogP contribution in [0.15, 0.2) is 54.6 Å². The minimum absolute atomic E-state index is 0.228. The van der Waals surface area contributed by atoms with E-state index in [0.717, 1.165) is 38.9 Å². The van der Waals surface area contributed by atoms with Crippen LogP contribution in [0.1, 0.15) is 29.5 Å². The lowest BCUT2D eigenvalue weighted by Crippen LogP contribution is -2.43. The Morgan fingerprint density at radius 1 is 1.04 bits per heavy atom. The first kappa shape index (κ1) is 17.7. The van der Waals surface area contributed by atoms with Gasteiger partial charge in [0, 0.05) is 19.6 Å². The molecule has 1 saturated heterocycles. The number of carbonyl (C=O) groups is 1. The Balaban J connectivity index is 1.38. The molecular weight excluding hydrogens is 308 g/mol. The lowest BCUT2D eigenvalue weighted by Gasteiger charge is -2.32. The number of likely N-dealkylation sites (tertiary alicyclic amines) is 1. The van der Waals surface area contributed by atoms with Crippen molar-refractivity contribution >= 4 is 5.91 Å². The molecule has 1 N–H and O–H groups in total. The topological polar surface area (TPSA) is 32.3 Å². The third-order valence-corrected chi connectivity index (χ3v) is 5.02. The average molecular weight is 336 g/mol. The molecule has 0 atom stereocenters. The van der Waals surface area contributed by atoms with Crippen LogP contribution < -0.4 is 5.32 Å². The molecule has 3 rings (SSSR count). The molecule has 0 aromatic heterocycles. The third kappa shape index (κ3) is 5.43. The zero-order chi connectivity index (χ0) is 17.5. The van der Waals surface area contributed by atoms with Crippen LogP contribution in [-0.2, 0) is 17.8 Å². The first-order valence-corrected chi connectivity index (χ1v) is 9.28. The van der Waals surface area contributed by atoms with E-state index >= 15 is 0 Å². The fourth-order valence-corrected chi connectivity index (χ4v) is 3.58. The summed E-state index contributed by atoms with van der Waals surface area (Å²) in [6, 6.07) is 19.1. The molecule has 3 heteroatoms. The van der Waals surface area contributed by atoms with Gasteiger partial charge in [-0.05, 0) is 43.2 Å². The van der Waals surface area contributed by atoms with E-state index in [1.165, 1.54) is 16.7 Å². The largest absolute Gasteiger partial charge is 0.342 e. The van der Waals surface area contributed by atoms with Crippen LogP contribution in [0.3, 0.4) is 0 Å². The number of benzene rings is 2. The molecule has 0 radical (unpaired) electrons. The highest BCUT2D eigenvalue weighted by atomic mass is 16.2. The summed E-state index contributed by atoms with van der Waals surface area (Å²) in [5.41, 5.74) is 3.90. The fourth-order valence-electron chi connectivity index (χ4n) is 3.58. The van der Waals surface area contributed by atoms with Gasteiger partial charge in [-0.25, -0.2) is 0 Å². The van der Waals surface area contributed by atoms with Crippen molar-refractivity contribution in [2.24, 2.45) is 5.92 Å². The van der Waals surface area contributed by atoms with E-state index in [9.17, 15) is 4.79 Å². The van der Waals surface area contributed by atoms with E-state index in [1.54, 1.807) is 0 Å². The van der Waals surface area contributed by atoms with Crippen molar-refractivity contribution in [3.63, 3.8) is 0 Å². The van der Waals surface area contributed by atoms with Crippen molar-refractivity contribution in [1.82, 2.24) is 10.2 Å². The van der Waals surface area contributed by atoms with Crippen molar-refractivity contribution in [3.05, 3.63) is 71.3 Å². The van der Waals surface area contributed by atoms with Crippen LogP contribution in [-0.4, -0.2) is 30.4 Å². The molecule has 2 aromatic rings. The van der Waals surface area contributed by atoms with E-state index in [4.69, 9.17) is 0 Å². The SMILES string of the molecule is Cc1cccc(CNCC(=O)N2CCC(Cc3ccccc3)CC2)c1. The van der Waals surface area contributed by atoms with Gasteiger partial charge in [0.25, 0.3) is 0 Å². The maximum atomic E-state index is 12.4. The number of piperidine rings is 1. The molecule has 25 heavy (non-hydrogen) atoms. The number of amides is 1. The molecule has 2 aromatic carbocycles. The monoisotopic (exact) mass is 336 g/mol. The highest BCUT2D eigenvalue weighted by molar-refractivity contribution is 5.78. The van der Waals surface area contributed by atoms with E-state index < -0.39 is 0 Å². The molecule has 0 bridgehead atoms. The molecule has 3 nitrogen and oxygen atoms in total. The maximum Gasteiger partial charge on any atom is 0.236 e. The van der Waals surface area contributed by atoms with E-state index in [-0.39, 0.29) is 5.91 Å². The van der Waals surface area contributed by atoms with E-state index in [2.05, 4.69) is 66.8 Å². The number of hydrogen-bond acceptors (Lipinski definition) is 2. The smallest absolute Gasteiger partial charge is 0.236 e. The second kappa shape index (κ2) is 8.82. The lowest BCUT2D eigenvalue weighted by molar-refractivity contribution is -0.131. The van der Waals surface area contributed by atoms with Crippen molar-refractivity contribution in [2.75, 3.05) is 19.6 Å². The zero-order valence-corrected chi connectivity index (χ0v) is 15.1. The van der Waals surface area contributed by atoms with E-state index in [0.29, 0.717) is 12.5 Å². The zero-order valence-electron chi connectivity index (χ0n) is 15.1. The van der Waals surface area contributed by atoms with Crippen LogP contribution in [0.2, 0.25) is 0 Å². The number of nitrogens with one attached hydrogen (secondary N) is 1. The van der Waals surface area contributed by atoms with Gasteiger partial charge in [-0.2, -0.15) is 0 Å². The summed E-state index contributed by atoms with van der Waals surface area (Å²) in [5, 5.41) is 3.29. The molecule has 0 aliphatic carbocycles. The number of aryl methyl sites for hydroxylation is 1. The van der Waals surface area contributed by atoms with Crippen molar-refractivity contribution in [2.45, 2.75) is 32.7 Å². The Hall–Kier alpha value is -2.13. The number of rotatable bonds is 6.